The van der Waals surface area contributed by atoms with Gasteiger partial charge in [0.05, 0.1) is 0 Å². The first-order chi connectivity index (χ1) is 7.16. The van der Waals surface area contributed by atoms with Crippen molar-refractivity contribution in [3.8, 4) is 0 Å². The maximum Gasteiger partial charge on any atom is 0.267 e. The molecule has 0 radical (unpaired) electrons. The van der Waals surface area contributed by atoms with Gasteiger partial charge >= 0.3 is 0 Å². The van der Waals surface area contributed by atoms with Gasteiger partial charge in [-0.25, -0.2) is 0 Å². The van der Waals surface area contributed by atoms with E-state index < -0.39 is 0 Å². The normalized spacial score (nSPS) is 17.5. The second-order valence-electron chi connectivity index (χ2n) is 3.94. The van der Waals surface area contributed by atoms with Gasteiger partial charge in [0.1, 0.15) is 5.69 Å². The summed E-state index contributed by atoms with van der Waals surface area (Å²) in [5.41, 5.74) is 6.44. The van der Waals surface area contributed by atoms with E-state index in [0.29, 0.717) is 18.2 Å². The number of carbonyl (C=O) groups excluding carboxylic acids is 1. The molecule has 15 heavy (non-hydrogen) atoms. The summed E-state index contributed by atoms with van der Waals surface area (Å²) in [5, 5.41) is 2.82. The minimum Gasteiger partial charge on any atom is -0.356 e. The molecule has 2 rings (SSSR count). The van der Waals surface area contributed by atoms with Crippen molar-refractivity contribution in [1.29, 1.82) is 0 Å². The van der Waals surface area contributed by atoms with Gasteiger partial charge in [-0.3, -0.25) is 4.79 Å². The second-order valence-corrected chi connectivity index (χ2v) is 4.86. The van der Waals surface area contributed by atoms with Crippen LogP contribution in [0.4, 0.5) is 0 Å². The zero-order chi connectivity index (χ0) is 10.8. The average Bonchev–Trinajstić information content (AvgIpc) is 2.97. The maximum absolute atomic E-state index is 11.6. The number of amides is 1. The van der Waals surface area contributed by atoms with Crippen LogP contribution in [0.3, 0.4) is 0 Å². The Bertz CT molecular complexity index is 359. The van der Waals surface area contributed by atoms with Crippen molar-refractivity contribution in [3.05, 3.63) is 22.4 Å². The maximum atomic E-state index is 11.6. The van der Waals surface area contributed by atoms with E-state index in [2.05, 4.69) is 26.2 Å². The molecule has 1 heterocycles. The predicted molar refractivity (Wildman–Crippen MR) is 61.5 cm³/mol. The first-order valence-electron chi connectivity index (χ1n) is 5.04. The van der Waals surface area contributed by atoms with Gasteiger partial charge in [-0.2, -0.15) is 0 Å². The number of hydrogen-bond acceptors (Lipinski definition) is 2. The van der Waals surface area contributed by atoms with Crippen molar-refractivity contribution in [3.63, 3.8) is 0 Å². The molecular formula is C10H14BrN3O. The standard InChI is InChI=1S/C10H14BrN3O/c11-7-3-9(13-4-7)10(15)14-5-8(12)6-1-2-6/h3-4,6,8,13H,1-2,5,12H2,(H,14,15). The zero-order valence-electron chi connectivity index (χ0n) is 8.29. The average molecular weight is 272 g/mol. The van der Waals surface area contributed by atoms with Crippen LogP contribution in [0.2, 0.25) is 0 Å². The number of nitrogens with one attached hydrogen (secondary N) is 2. The van der Waals surface area contributed by atoms with Crippen molar-refractivity contribution in [1.82, 2.24) is 10.3 Å². The molecule has 1 aromatic rings. The third kappa shape index (κ3) is 2.82. The monoisotopic (exact) mass is 271 g/mol. The van der Waals surface area contributed by atoms with Crippen LogP contribution in [0, 0.1) is 5.92 Å². The molecule has 1 aliphatic rings. The molecule has 1 unspecified atom stereocenters. The summed E-state index contributed by atoms with van der Waals surface area (Å²) in [5.74, 6) is 0.512. The van der Waals surface area contributed by atoms with Crippen molar-refractivity contribution in [2.75, 3.05) is 6.54 Å². The van der Waals surface area contributed by atoms with Gasteiger partial charge < -0.3 is 16.0 Å². The number of carbonyl (C=O) groups is 1. The Morgan fingerprint density at radius 2 is 2.47 bits per heavy atom. The van der Waals surface area contributed by atoms with Crippen molar-refractivity contribution in [2.45, 2.75) is 18.9 Å². The molecule has 82 valence electrons. The first-order valence-corrected chi connectivity index (χ1v) is 5.84. The summed E-state index contributed by atoms with van der Waals surface area (Å²) in [6, 6.07) is 1.85. The van der Waals surface area contributed by atoms with Crippen LogP contribution in [0.25, 0.3) is 0 Å². The van der Waals surface area contributed by atoms with E-state index in [4.69, 9.17) is 5.73 Å². The third-order valence-corrected chi connectivity index (χ3v) is 3.08. The minimum atomic E-state index is -0.100. The van der Waals surface area contributed by atoms with Crippen LogP contribution in [0.1, 0.15) is 23.3 Å². The lowest BCUT2D eigenvalue weighted by Crippen LogP contribution is -2.38. The number of H-pyrrole nitrogens is 1. The molecule has 1 aromatic heterocycles. The second kappa shape index (κ2) is 4.37. The fourth-order valence-corrected chi connectivity index (χ4v) is 1.84. The van der Waals surface area contributed by atoms with Crippen molar-refractivity contribution < 1.29 is 4.79 Å². The molecule has 4 nitrogen and oxygen atoms in total. The Balaban J connectivity index is 1.81. The van der Waals surface area contributed by atoms with Gasteiger partial charge in [0.25, 0.3) is 5.91 Å². The molecule has 1 amide bonds. The van der Waals surface area contributed by atoms with Gasteiger partial charge in [-0.05, 0) is 40.8 Å². The molecule has 0 aliphatic heterocycles. The third-order valence-electron chi connectivity index (χ3n) is 2.62. The number of halogens is 1. The van der Waals surface area contributed by atoms with Gasteiger partial charge in [0.2, 0.25) is 0 Å². The quantitative estimate of drug-likeness (QED) is 0.771. The van der Waals surface area contributed by atoms with Gasteiger partial charge in [-0.1, -0.05) is 0 Å². The summed E-state index contributed by atoms with van der Waals surface area (Å²) in [6.07, 6.45) is 4.13. The molecule has 5 heteroatoms. The molecule has 4 N–H and O–H groups in total. The summed E-state index contributed by atoms with van der Waals surface area (Å²) < 4.78 is 0.874. The molecule has 1 fully saturated rings. The van der Waals surface area contributed by atoms with Crippen molar-refractivity contribution >= 4 is 21.8 Å². The summed E-state index contributed by atoms with van der Waals surface area (Å²) in [7, 11) is 0. The van der Waals surface area contributed by atoms with Gasteiger partial charge in [0, 0.05) is 23.3 Å². The van der Waals surface area contributed by atoms with Crippen LogP contribution in [0.5, 0.6) is 0 Å². The van der Waals surface area contributed by atoms with Crippen molar-refractivity contribution in [2.24, 2.45) is 11.7 Å². The smallest absolute Gasteiger partial charge is 0.267 e. The number of aromatic amines is 1. The molecule has 0 bridgehead atoms. The molecular weight excluding hydrogens is 258 g/mol. The molecule has 0 saturated heterocycles. The molecule has 1 aliphatic carbocycles. The van der Waals surface area contributed by atoms with Crippen LogP contribution in [-0.2, 0) is 0 Å². The van der Waals surface area contributed by atoms with E-state index in [1.165, 1.54) is 12.8 Å². The lowest BCUT2D eigenvalue weighted by molar-refractivity contribution is 0.0946. The Kier molecular flexibility index (Phi) is 3.11. The fourth-order valence-electron chi connectivity index (χ4n) is 1.50. The minimum absolute atomic E-state index is 0.100. The van der Waals surface area contributed by atoms with E-state index in [0.717, 1.165) is 4.47 Å². The van der Waals surface area contributed by atoms with Gasteiger partial charge in [-0.15, -0.1) is 0 Å². The Hall–Kier alpha value is -0.810. The number of rotatable bonds is 4. The number of nitrogens with two attached hydrogens (primary N) is 1. The van der Waals surface area contributed by atoms with Crippen LogP contribution in [-0.4, -0.2) is 23.5 Å². The highest BCUT2D eigenvalue weighted by Crippen LogP contribution is 2.31. The highest BCUT2D eigenvalue weighted by molar-refractivity contribution is 9.10. The molecule has 0 aromatic carbocycles. The Morgan fingerprint density at radius 1 is 1.73 bits per heavy atom. The Morgan fingerprint density at radius 3 is 3.00 bits per heavy atom. The number of hydrogen-bond donors (Lipinski definition) is 3. The lowest BCUT2D eigenvalue weighted by atomic mass is 10.2. The first kappa shape index (κ1) is 10.7. The van der Waals surface area contributed by atoms with E-state index in [1.807, 2.05) is 0 Å². The highest BCUT2D eigenvalue weighted by Gasteiger charge is 2.28. The van der Waals surface area contributed by atoms with E-state index in [-0.39, 0.29) is 11.9 Å². The van der Waals surface area contributed by atoms with Crippen LogP contribution in [0.15, 0.2) is 16.7 Å². The van der Waals surface area contributed by atoms with E-state index >= 15 is 0 Å². The summed E-state index contributed by atoms with van der Waals surface area (Å²) in [6.45, 7) is 0.556. The predicted octanol–water partition coefficient (Wildman–Crippen LogP) is 1.24. The highest BCUT2D eigenvalue weighted by atomic mass is 79.9. The molecule has 1 saturated carbocycles. The van der Waals surface area contributed by atoms with Crippen LogP contribution >= 0.6 is 15.9 Å². The molecule has 0 spiro atoms. The van der Waals surface area contributed by atoms with Crippen LogP contribution < -0.4 is 11.1 Å². The van der Waals surface area contributed by atoms with E-state index in [1.54, 1.807) is 12.3 Å². The van der Waals surface area contributed by atoms with E-state index in [9.17, 15) is 4.79 Å². The van der Waals surface area contributed by atoms with Gasteiger partial charge in [0.15, 0.2) is 0 Å². The summed E-state index contributed by atoms with van der Waals surface area (Å²) in [4.78, 5) is 14.5. The summed E-state index contributed by atoms with van der Waals surface area (Å²) >= 11 is 3.28. The lowest BCUT2D eigenvalue weighted by Gasteiger charge is -2.10. The largest absolute Gasteiger partial charge is 0.356 e. The number of aromatic nitrogens is 1. The zero-order valence-corrected chi connectivity index (χ0v) is 9.88. The topological polar surface area (TPSA) is 70.9 Å². The molecule has 1 atom stereocenters. The SMILES string of the molecule is NC(CNC(=O)c1cc(Br)c[nH]1)C1CC1. The fraction of sp³-hybridized carbons (Fsp3) is 0.500. The Labute approximate surface area is 96.7 Å².